The molecule has 0 bridgehead atoms. The molecule has 0 aliphatic carbocycles. The van der Waals surface area contributed by atoms with Crippen molar-refractivity contribution in [1.29, 1.82) is 0 Å². The second-order valence-electron chi connectivity index (χ2n) is 16.5. The zero-order valence-electron chi connectivity index (χ0n) is 34.4. The van der Waals surface area contributed by atoms with Gasteiger partial charge in [-0.3, -0.25) is 4.57 Å². The number of nitrogens with zero attached hydrogens (tertiary/aromatic N) is 3. The Bertz CT molecular complexity index is 3890. The second kappa shape index (κ2) is 14.5. The Morgan fingerprint density at radius 1 is 0.422 bits per heavy atom. The minimum atomic E-state index is -0.255. The molecule has 64 heavy (non-hydrogen) atoms. The van der Waals surface area contributed by atoms with Gasteiger partial charge in [0.25, 0.3) is 0 Å². The highest BCUT2D eigenvalue weighted by Crippen LogP contribution is 2.45. The zero-order chi connectivity index (χ0) is 42.3. The smallest absolute Gasteiger partial charge is 0.145 e. The molecule has 11 aromatic carbocycles. The van der Waals surface area contributed by atoms with Gasteiger partial charge in [-0.25, -0.2) is 9.37 Å². The highest BCUT2D eigenvalue weighted by atomic mass is 32.1. The number of anilines is 3. The van der Waals surface area contributed by atoms with E-state index >= 15 is 0 Å². The van der Waals surface area contributed by atoms with E-state index in [-0.39, 0.29) is 5.82 Å². The summed E-state index contributed by atoms with van der Waals surface area (Å²) < 4.78 is 19.0. The number of fused-ring (bicyclic) bond motifs is 4. The molecule has 13 rings (SSSR count). The monoisotopic (exact) mass is 837 g/mol. The van der Waals surface area contributed by atoms with E-state index in [0.29, 0.717) is 0 Å². The molecule has 0 radical (unpaired) electrons. The first kappa shape index (κ1) is 36.5. The van der Waals surface area contributed by atoms with Gasteiger partial charge in [-0.2, -0.15) is 0 Å². The first-order chi connectivity index (χ1) is 31.6. The lowest BCUT2D eigenvalue weighted by Crippen LogP contribution is -2.09. The molecule has 0 N–H and O–H groups in total. The van der Waals surface area contributed by atoms with Gasteiger partial charge in [0, 0.05) is 48.5 Å². The van der Waals surface area contributed by atoms with Gasteiger partial charge in [0.1, 0.15) is 11.6 Å². The van der Waals surface area contributed by atoms with E-state index in [1.54, 1.807) is 11.3 Å². The molecular weight excluding hydrogens is 802 g/mol. The summed E-state index contributed by atoms with van der Waals surface area (Å²) >= 11 is 1.80. The van der Waals surface area contributed by atoms with E-state index < -0.39 is 0 Å². The molecule has 0 saturated carbocycles. The first-order valence-electron chi connectivity index (χ1n) is 21.5. The highest BCUT2D eigenvalue weighted by molar-refractivity contribution is 7.25. The van der Waals surface area contributed by atoms with E-state index in [9.17, 15) is 4.39 Å². The summed E-state index contributed by atoms with van der Waals surface area (Å²) in [6.07, 6.45) is 0. The SMILES string of the molecule is Fc1ccc(N(c2ccc(-c3ccc4ccc5c(-c6ccc(-c7nc8ccccc8n7-c7ccccc7)cc6)ccc6ccc3c4c65)cc2)c2ccc3c(c2)sc2ccccc23)cc1. The Morgan fingerprint density at radius 3 is 1.66 bits per heavy atom. The Labute approximate surface area is 372 Å². The maximum Gasteiger partial charge on any atom is 0.145 e. The van der Waals surface area contributed by atoms with E-state index in [4.69, 9.17) is 4.98 Å². The van der Waals surface area contributed by atoms with Crippen LogP contribution in [-0.2, 0) is 0 Å². The molecule has 3 nitrogen and oxygen atoms in total. The quantitative estimate of drug-likeness (QED) is 0.149. The molecule has 0 unspecified atom stereocenters. The van der Waals surface area contributed by atoms with Crippen molar-refractivity contribution < 1.29 is 4.39 Å². The molecule has 0 saturated heterocycles. The summed E-state index contributed by atoms with van der Waals surface area (Å²) in [6.45, 7) is 0. The van der Waals surface area contributed by atoms with Crippen LogP contribution in [0.3, 0.4) is 0 Å². The number of hydrogen-bond donors (Lipinski definition) is 0. The van der Waals surface area contributed by atoms with Gasteiger partial charge >= 0.3 is 0 Å². The number of para-hydroxylation sites is 3. The lowest BCUT2D eigenvalue weighted by molar-refractivity contribution is 0.628. The van der Waals surface area contributed by atoms with Crippen LogP contribution in [0.25, 0.3) is 103 Å². The fourth-order valence-corrected chi connectivity index (χ4v) is 11.0. The molecule has 2 aromatic heterocycles. The van der Waals surface area contributed by atoms with Crippen LogP contribution in [0, 0.1) is 5.82 Å². The molecule has 2 heterocycles. The van der Waals surface area contributed by atoms with Gasteiger partial charge < -0.3 is 4.90 Å². The van der Waals surface area contributed by atoms with Gasteiger partial charge in [0.15, 0.2) is 0 Å². The van der Waals surface area contributed by atoms with Crippen molar-refractivity contribution in [2.45, 2.75) is 0 Å². The fraction of sp³-hybridized carbons (Fsp3) is 0. The Hall–Kier alpha value is -8.12. The maximum absolute atomic E-state index is 14.3. The number of hydrogen-bond acceptors (Lipinski definition) is 3. The molecular formula is C59H36FN3S. The lowest BCUT2D eigenvalue weighted by Gasteiger charge is -2.26. The molecule has 5 heteroatoms. The van der Waals surface area contributed by atoms with Crippen LogP contribution in [0.15, 0.2) is 218 Å². The van der Waals surface area contributed by atoms with Crippen molar-refractivity contribution in [1.82, 2.24) is 9.55 Å². The highest BCUT2D eigenvalue weighted by Gasteiger charge is 2.19. The normalized spacial score (nSPS) is 11.8. The van der Waals surface area contributed by atoms with Crippen molar-refractivity contribution in [2.24, 2.45) is 0 Å². The Balaban J connectivity index is 0.886. The van der Waals surface area contributed by atoms with Crippen LogP contribution in [0.1, 0.15) is 0 Å². The third-order valence-electron chi connectivity index (χ3n) is 12.8. The predicted molar refractivity (Wildman–Crippen MR) is 269 cm³/mol. The van der Waals surface area contributed by atoms with Crippen molar-refractivity contribution in [3.8, 4) is 39.3 Å². The predicted octanol–water partition coefficient (Wildman–Crippen LogP) is 16.9. The van der Waals surface area contributed by atoms with Gasteiger partial charge in [0.2, 0.25) is 0 Å². The van der Waals surface area contributed by atoms with E-state index in [2.05, 4.69) is 191 Å². The van der Waals surface area contributed by atoms with Crippen molar-refractivity contribution >= 4 is 91.9 Å². The van der Waals surface area contributed by atoms with Crippen LogP contribution in [0.2, 0.25) is 0 Å². The van der Waals surface area contributed by atoms with Crippen LogP contribution >= 0.6 is 11.3 Å². The van der Waals surface area contributed by atoms with E-state index in [1.807, 2.05) is 24.3 Å². The molecule has 13 aromatic rings. The minimum Gasteiger partial charge on any atom is -0.310 e. The lowest BCUT2D eigenvalue weighted by atomic mass is 9.87. The van der Waals surface area contributed by atoms with Gasteiger partial charge in [-0.15, -0.1) is 11.3 Å². The topological polar surface area (TPSA) is 21.1 Å². The number of benzene rings is 11. The molecule has 0 fully saturated rings. The average Bonchev–Trinajstić information content (AvgIpc) is 3.93. The summed E-state index contributed by atoms with van der Waals surface area (Å²) in [5.41, 5.74) is 11.8. The van der Waals surface area contributed by atoms with Crippen LogP contribution in [0.5, 0.6) is 0 Å². The number of rotatable bonds is 7. The number of imidazole rings is 1. The summed E-state index contributed by atoms with van der Waals surface area (Å²) in [4.78, 5) is 7.32. The average molecular weight is 838 g/mol. The largest absolute Gasteiger partial charge is 0.310 e. The molecule has 300 valence electrons. The number of aromatic nitrogens is 2. The molecule has 0 amide bonds. The second-order valence-corrected chi connectivity index (χ2v) is 17.5. The minimum absolute atomic E-state index is 0.255. The first-order valence-corrected chi connectivity index (χ1v) is 22.4. The molecule has 0 aliphatic heterocycles. The number of thiophene rings is 1. The molecule has 0 aliphatic rings. The summed E-state index contributed by atoms with van der Waals surface area (Å²) in [6, 6.07) is 76.6. The van der Waals surface area contributed by atoms with Crippen molar-refractivity contribution in [3.63, 3.8) is 0 Å². The molecule has 0 atom stereocenters. The zero-order valence-corrected chi connectivity index (χ0v) is 35.2. The third-order valence-corrected chi connectivity index (χ3v) is 14.0. The Kier molecular flexibility index (Phi) is 8.27. The Morgan fingerprint density at radius 2 is 0.953 bits per heavy atom. The van der Waals surface area contributed by atoms with Gasteiger partial charge in [-0.1, -0.05) is 140 Å². The summed E-state index contributed by atoms with van der Waals surface area (Å²) in [5.74, 6) is 0.668. The summed E-state index contributed by atoms with van der Waals surface area (Å²) in [7, 11) is 0. The van der Waals surface area contributed by atoms with Crippen molar-refractivity contribution in [3.05, 3.63) is 224 Å². The van der Waals surface area contributed by atoms with Gasteiger partial charge in [-0.05, 0) is 133 Å². The fourth-order valence-electron chi connectivity index (χ4n) is 9.84. The standard InChI is InChI=1S/C59H36FN3S/c60-42-24-28-45(29-25-42)62(46-30-35-50-49-10-4-7-13-55(49)64-56(50)36-46)44-26-18-38(19-27-44)48-32-21-40-22-33-51-47(31-20-39-23-34-52(48)58(40)57(39)51)37-14-16-41(17-15-37)59-61-53-11-5-6-12-54(53)63(59)43-8-2-1-3-9-43/h1-36H. The summed E-state index contributed by atoms with van der Waals surface area (Å²) in [5, 5.41) is 9.97. The van der Waals surface area contributed by atoms with E-state index in [1.165, 1.54) is 75.7 Å². The van der Waals surface area contributed by atoms with Crippen LogP contribution < -0.4 is 4.90 Å². The van der Waals surface area contributed by atoms with Crippen molar-refractivity contribution in [2.75, 3.05) is 4.90 Å². The van der Waals surface area contributed by atoms with Crippen LogP contribution in [-0.4, -0.2) is 9.55 Å². The molecule has 0 spiro atoms. The third kappa shape index (κ3) is 5.82. The van der Waals surface area contributed by atoms with E-state index in [0.717, 1.165) is 56.3 Å². The number of halogens is 1. The maximum atomic E-state index is 14.3. The van der Waals surface area contributed by atoms with Crippen LogP contribution in [0.4, 0.5) is 21.5 Å². The van der Waals surface area contributed by atoms with Gasteiger partial charge in [0.05, 0.1) is 11.0 Å².